The van der Waals surface area contributed by atoms with E-state index in [1.165, 1.54) is 0 Å². The first-order valence-corrected chi connectivity index (χ1v) is 12.9. The lowest BCUT2D eigenvalue weighted by Crippen LogP contribution is -2.35. The number of imidazole rings is 1. The van der Waals surface area contributed by atoms with Crippen LogP contribution in [0.1, 0.15) is 52.2 Å². The van der Waals surface area contributed by atoms with E-state index in [0.717, 1.165) is 45.7 Å². The van der Waals surface area contributed by atoms with E-state index in [-0.39, 0.29) is 11.8 Å². The van der Waals surface area contributed by atoms with Crippen molar-refractivity contribution < 1.29 is 14.5 Å². The molecular weight excluding hydrogens is 476 g/mol. The lowest BCUT2D eigenvalue weighted by Gasteiger charge is -2.22. The molecule has 0 spiro atoms. The number of aryl methyl sites for hydroxylation is 2. The first kappa shape index (κ1) is 26.9. The molecule has 2 heterocycles. The molecule has 1 N–H and O–H groups in total. The van der Waals surface area contributed by atoms with E-state index in [9.17, 15) is 9.90 Å². The quantitative estimate of drug-likeness (QED) is 0.460. The molecule has 198 valence electrons. The molecular formula is C30H37N6O2+. The Hall–Kier alpha value is -4.20. The highest BCUT2D eigenvalue weighted by Gasteiger charge is 2.25. The summed E-state index contributed by atoms with van der Waals surface area (Å²) in [4.78, 5) is 26.0. The first-order chi connectivity index (χ1) is 18.0. The minimum atomic E-state index is -0.255. The maximum Gasteiger partial charge on any atom is 0.360 e. The van der Waals surface area contributed by atoms with E-state index in [0.29, 0.717) is 23.9 Å². The molecule has 1 aliphatic heterocycles. The molecule has 1 aromatic rings. The number of aromatic nitrogens is 2. The van der Waals surface area contributed by atoms with Gasteiger partial charge in [-0.3, -0.25) is 4.79 Å². The number of allylic oxidation sites excluding steroid dienone is 10. The summed E-state index contributed by atoms with van der Waals surface area (Å²) in [5.74, 6) is 0.953. The Morgan fingerprint density at radius 3 is 1.89 bits per heavy atom. The summed E-state index contributed by atoms with van der Waals surface area (Å²) in [5.41, 5.74) is 7.37. The SMILES string of the molecule is CCN1C=CN(C)C1=C(O)N=C1C(C)=CC(=C2C=C(C)C(=NC(=O)c3n(CC)cc[n+]3C)C(C)=C2)C=C1C. The van der Waals surface area contributed by atoms with Crippen molar-refractivity contribution in [1.82, 2.24) is 14.4 Å². The third-order valence-electron chi connectivity index (χ3n) is 6.97. The fraction of sp³-hybridized carbons (Fsp3) is 0.333. The maximum absolute atomic E-state index is 13.1. The summed E-state index contributed by atoms with van der Waals surface area (Å²) < 4.78 is 3.71. The summed E-state index contributed by atoms with van der Waals surface area (Å²) in [6, 6.07) is 0. The molecule has 3 aliphatic rings. The zero-order valence-corrected chi connectivity index (χ0v) is 23.6. The largest absolute Gasteiger partial charge is 0.491 e. The van der Waals surface area contributed by atoms with Gasteiger partial charge in [-0.2, -0.15) is 0 Å². The Kier molecular flexibility index (Phi) is 7.53. The van der Waals surface area contributed by atoms with Gasteiger partial charge >= 0.3 is 11.7 Å². The van der Waals surface area contributed by atoms with Crippen molar-refractivity contribution in [2.24, 2.45) is 17.0 Å². The zero-order valence-electron chi connectivity index (χ0n) is 23.6. The number of aliphatic imine (C=N–C) groups is 2. The van der Waals surface area contributed by atoms with Gasteiger partial charge in [0.05, 0.1) is 25.0 Å². The molecule has 0 saturated carbocycles. The van der Waals surface area contributed by atoms with Crippen molar-refractivity contribution in [3.63, 3.8) is 0 Å². The molecule has 1 aromatic heterocycles. The minimum absolute atomic E-state index is 0.0109. The van der Waals surface area contributed by atoms with Crippen LogP contribution in [0.15, 0.2) is 104 Å². The minimum Gasteiger partial charge on any atom is -0.491 e. The van der Waals surface area contributed by atoms with Gasteiger partial charge in [0.25, 0.3) is 5.88 Å². The molecule has 0 unspecified atom stereocenters. The topological polar surface area (TPSA) is 77.3 Å². The Morgan fingerprint density at radius 1 is 0.868 bits per heavy atom. The lowest BCUT2D eigenvalue weighted by molar-refractivity contribution is -0.672. The summed E-state index contributed by atoms with van der Waals surface area (Å²) >= 11 is 0. The van der Waals surface area contributed by atoms with Gasteiger partial charge in [0.2, 0.25) is 0 Å². The van der Waals surface area contributed by atoms with E-state index < -0.39 is 0 Å². The highest BCUT2D eigenvalue weighted by atomic mass is 16.3. The Labute approximate surface area is 225 Å². The second kappa shape index (κ2) is 10.7. The van der Waals surface area contributed by atoms with Crippen LogP contribution in [-0.2, 0) is 13.6 Å². The van der Waals surface area contributed by atoms with Gasteiger partial charge in [0.15, 0.2) is 5.82 Å². The number of hydrogen-bond acceptors (Lipinski definition) is 5. The van der Waals surface area contributed by atoms with Crippen LogP contribution in [0.3, 0.4) is 0 Å². The van der Waals surface area contributed by atoms with Gasteiger partial charge in [-0.1, -0.05) is 0 Å². The van der Waals surface area contributed by atoms with E-state index in [1.54, 1.807) is 4.57 Å². The maximum atomic E-state index is 13.1. The predicted molar refractivity (Wildman–Crippen MR) is 151 cm³/mol. The number of aliphatic hydroxyl groups is 1. The second-order valence-electron chi connectivity index (χ2n) is 9.81. The highest BCUT2D eigenvalue weighted by molar-refractivity contribution is 6.19. The molecule has 38 heavy (non-hydrogen) atoms. The molecule has 0 saturated heterocycles. The predicted octanol–water partition coefficient (Wildman–Crippen LogP) is 4.89. The molecule has 0 bridgehead atoms. The van der Waals surface area contributed by atoms with Crippen molar-refractivity contribution in [2.75, 3.05) is 13.6 Å². The van der Waals surface area contributed by atoms with Gasteiger partial charge in [-0.05, 0) is 99.3 Å². The van der Waals surface area contributed by atoms with Crippen molar-refractivity contribution in [1.29, 1.82) is 0 Å². The van der Waals surface area contributed by atoms with E-state index >= 15 is 0 Å². The normalized spacial score (nSPS) is 18.9. The van der Waals surface area contributed by atoms with Gasteiger partial charge in [0.1, 0.15) is 12.4 Å². The van der Waals surface area contributed by atoms with Crippen LogP contribution >= 0.6 is 0 Å². The molecule has 0 radical (unpaired) electrons. The lowest BCUT2D eigenvalue weighted by atomic mass is 9.87. The van der Waals surface area contributed by atoms with Crippen LogP contribution in [0.25, 0.3) is 0 Å². The molecule has 0 fully saturated rings. The molecule has 8 heteroatoms. The van der Waals surface area contributed by atoms with Gasteiger partial charge < -0.3 is 14.9 Å². The van der Waals surface area contributed by atoms with Crippen LogP contribution in [-0.4, -0.2) is 50.4 Å². The molecule has 1 amide bonds. The number of aliphatic hydroxyl groups excluding tert-OH is 1. The number of carbonyl (C=O) groups is 1. The number of nitrogens with zero attached hydrogens (tertiary/aromatic N) is 6. The molecule has 4 rings (SSSR count). The Balaban J connectivity index is 1.66. The molecule has 0 atom stereocenters. The standard InChI is InChI=1S/C30H36N6O2/c1-9-35-13-11-33(7)29(35)27(37)31-25-19(3)15-23(16-20(25)4)24-17-21(5)26(22(6)18-24)32-28(38)30-34(8)12-14-36(30)10-2/h11-18H,9-10H2,1-8H3/p+1. The summed E-state index contributed by atoms with van der Waals surface area (Å²) in [6.45, 7) is 13.5. The number of hydrogen-bond donors (Lipinski definition) is 1. The fourth-order valence-electron chi connectivity index (χ4n) is 5.02. The number of amides is 1. The smallest absolute Gasteiger partial charge is 0.360 e. The summed E-state index contributed by atoms with van der Waals surface area (Å²) in [6.07, 6.45) is 15.9. The number of rotatable bonds is 4. The second-order valence-corrected chi connectivity index (χ2v) is 9.81. The first-order valence-electron chi connectivity index (χ1n) is 12.9. The van der Waals surface area contributed by atoms with Crippen molar-refractivity contribution in [3.8, 4) is 0 Å². The molecule has 0 aromatic carbocycles. The monoisotopic (exact) mass is 513 g/mol. The average molecular weight is 514 g/mol. The fourth-order valence-corrected chi connectivity index (χ4v) is 5.02. The zero-order chi connectivity index (χ0) is 27.7. The Morgan fingerprint density at radius 2 is 1.39 bits per heavy atom. The van der Waals surface area contributed by atoms with Gasteiger partial charge in [0, 0.05) is 26.0 Å². The molecule has 8 nitrogen and oxygen atoms in total. The van der Waals surface area contributed by atoms with Crippen LogP contribution in [0.4, 0.5) is 0 Å². The van der Waals surface area contributed by atoms with Crippen LogP contribution < -0.4 is 4.57 Å². The van der Waals surface area contributed by atoms with Crippen molar-refractivity contribution >= 4 is 17.3 Å². The van der Waals surface area contributed by atoms with Gasteiger partial charge in [-0.25, -0.2) is 19.1 Å². The highest BCUT2D eigenvalue weighted by Crippen LogP contribution is 2.29. The third-order valence-corrected chi connectivity index (χ3v) is 6.97. The third kappa shape index (κ3) is 4.98. The average Bonchev–Trinajstić information content (AvgIpc) is 3.44. The van der Waals surface area contributed by atoms with Crippen molar-refractivity contribution in [3.05, 3.63) is 100 Å². The van der Waals surface area contributed by atoms with Crippen LogP contribution in [0.2, 0.25) is 0 Å². The van der Waals surface area contributed by atoms with Gasteiger partial charge in [-0.15, -0.1) is 0 Å². The summed E-state index contributed by atoms with van der Waals surface area (Å²) in [7, 11) is 3.75. The van der Waals surface area contributed by atoms with Crippen LogP contribution in [0, 0.1) is 0 Å². The molecule has 2 aliphatic carbocycles. The van der Waals surface area contributed by atoms with E-state index in [2.05, 4.69) is 34.3 Å². The number of carbonyl (C=O) groups excluding carboxylic acids is 1. The van der Waals surface area contributed by atoms with Crippen molar-refractivity contribution in [2.45, 2.75) is 48.1 Å². The Bertz CT molecular complexity index is 1420. The van der Waals surface area contributed by atoms with Crippen LogP contribution in [0.5, 0.6) is 0 Å². The van der Waals surface area contributed by atoms with E-state index in [4.69, 9.17) is 0 Å². The summed E-state index contributed by atoms with van der Waals surface area (Å²) in [5, 5.41) is 10.9. The van der Waals surface area contributed by atoms with E-state index in [1.807, 2.05) is 94.8 Å².